The van der Waals surface area contributed by atoms with Gasteiger partial charge in [0.05, 0.1) is 19.6 Å². The summed E-state index contributed by atoms with van der Waals surface area (Å²) in [4.78, 5) is 29.8. The van der Waals surface area contributed by atoms with E-state index in [4.69, 9.17) is 9.47 Å². The van der Waals surface area contributed by atoms with Gasteiger partial charge in [-0.2, -0.15) is 0 Å². The minimum absolute atomic E-state index is 0.00356. The first kappa shape index (κ1) is 16.2. The van der Waals surface area contributed by atoms with Crippen LogP contribution >= 0.6 is 0 Å². The molecule has 1 aliphatic rings. The molecule has 22 heavy (non-hydrogen) atoms. The van der Waals surface area contributed by atoms with Crippen LogP contribution in [0.5, 0.6) is 5.88 Å². The molecule has 0 radical (unpaired) electrons. The van der Waals surface area contributed by atoms with Crippen LogP contribution in [0.25, 0.3) is 0 Å². The first-order chi connectivity index (χ1) is 10.7. The number of likely N-dealkylation sites (tertiary alicyclic amines) is 1. The summed E-state index contributed by atoms with van der Waals surface area (Å²) in [6.45, 7) is 1.78. The van der Waals surface area contributed by atoms with E-state index in [1.54, 1.807) is 24.3 Å². The van der Waals surface area contributed by atoms with Crippen molar-refractivity contribution in [2.75, 3.05) is 33.9 Å². The Hall–Kier alpha value is -2.15. The summed E-state index contributed by atoms with van der Waals surface area (Å²) in [7, 11) is 3.13. The molecule has 0 spiro atoms. The van der Waals surface area contributed by atoms with Crippen LogP contribution in [0.4, 0.5) is 0 Å². The average Bonchev–Trinajstić information content (AvgIpc) is 2.92. The molecule has 2 heterocycles. The molecule has 1 fully saturated rings. The summed E-state index contributed by atoms with van der Waals surface area (Å²) in [5, 5.41) is 2.84. The first-order valence-corrected chi connectivity index (χ1v) is 7.18. The molecule has 1 aromatic heterocycles. The van der Waals surface area contributed by atoms with Crippen LogP contribution in [0, 0.1) is 5.92 Å². The number of carbonyl (C=O) groups excluding carboxylic acids is 2. The normalized spacial score (nSPS) is 17.6. The second-order valence-corrected chi connectivity index (χ2v) is 5.12. The summed E-state index contributed by atoms with van der Waals surface area (Å²) in [6.07, 6.45) is 1.88. The SMILES string of the molecule is COCCN1C[C@H](C(=O)NCc2cccnc2OC)CC1=O. The van der Waals surface area contributed by atoms with Crippen LogP contribution in [-0.2, 0) is 20.9 Å². The standard InChI is InChI=1S/C15H21N3O4/c1-21-7-6-18-10-12(8-13(18)19)14(20)17-9-11-4-3-5-16-15(11)22-2/h3-5,12H,6-10H2,1-2H3,(H,17,20)/t12-/m1/s1. The second-order valence-electron chi connectivity index (χ2n) is 5.12. The average molecular weight is 307 g/mol. The van der Waals surface area contributed by atoms with Gasteiger partial charge in [0, 0.05) is 44.9 Å². The largest absolute Gasteiger partial charge is 0.481 e. The van der Waals surface area contributed by atoms with Crippen LogP contribution in [0.15, 0.2) is 18.3 Å². The molecule has 0 unspecified atom stereocenters. The van der Waals surface area contributed by atoms with Crippen LogP contribution in [0.3, 0.4) is 0 Å². The number of pyridine rings is 1. The van der Waals surface area contributed by atoms with Crippen molar-refractivity contribution in [2.24, 2.45) is 5.92 Å². The van der Waals surface area contributed by atoms with E-state index in [-0.39, 0.29) is 24.2 Å². The van der Waals surface area contributed by atoms with Gasteiger partial charge in [-0.05, 0) is 6.07 Å². The number of methoxy groups -OCH3 is 2. The Morgan fingerprint density at radius 1 is 1.50 bits per heavy atom. The van der Waals surface area contributed by atoms with Crippen molar-refractivity contribution in [3.05, 3.63) is 23.9 Å². The molecule has 1 saturated heterocycles. The molecule has 1 aromatic rings. The highest BCUT2D eigenvalue weighted by Gasteiger charge is 2.33. The smallest absolute Gasteiger partial charge is 0.225 e. The molecule has 7 nitrogen and oxygen atoms in total. The molecule has 0 aromatic carbocycles. The lowest BCUT2D eigenvalue weighted by atomic mass is 10.1. The Bertz CT molecular complexity index is 535. The number of amides is 2. The van der Waals surface area contributed by atoms with Gasteiger partial charge in [0.2, 0.25) is 17.7 Å². The summed E-state index contributed by atoms with van der Waals surface area (Å²) in [5.41, 5.74) is 0.805. The molecule has 2 rings (SSSR count). The van der Waals surface area contributed by atoms with Crippen molar-refractivity contribution < 1.29 is 19.1 Å². The number of hydrogen-bond donors (Lipinski definition) is 1. The number of ether oxygens (including phenoxy) is 2. The number of nitrogens with zero attached hydrogens (tertiary/aromatic N) is 2. The van der Waals surface area contributed by atoms with Crippen molar-refractivity contribution >= 4 is 11.8 Å². The van der Waals surface area contributed by atoms with Gasteiger partial charge in [-0.25, -0.2) is 4.98 Å². The number of rotatable bonds is 7. The van der Waals surface area contributed by atoms with Gasteiger partial charge in [-0.3, -0.25) is 9.59 Å². The maximum Gasteiger partial charge on any atom is 0.225 e. The van der Waals surface area contributed by atoms with Gasteiger partial charge in [-0.15, -0.1) is 0 Å². The number of carbonyl (C=O) groups is 2. The van der Waals surface area contributed by atoms with E-state index in [2.05, 4.69) is 10.3 Å². The third kappa shape index (κ3) is 3.94. The van der Waals surface area contributed by atoms with Gasteiger partial charge in [0.25, 0.3) is 0 Å². The second kappa shape index (κ2) is 7.74. The zero-order valence-corrected chi connectivity index (χ0v) is 12.9. The van der Waals surface area contributed by atoms with Crippen molar-refractivity contribution in [3.8, 4) is 5.88 Å². The van der Waals surface area contributed by atoms with E-state index in [9.17, 15) is 9.59 Å². The molecule has 1 aliphatic heterocycles. The molecular weight excluding hydrogens is 286 g/mol. The number of aromatic nitrogens is 1. The number of nitrogens with one attached hydrogen (secondary N) is 1. The third-order valence-corrected chi connectivity index (χ3v) is 3.65. The van der Waals surface area contributed by atoms with Crippen LogP contribution in [-0.4, -0.2) is 55.6 Å². The maximum absolute atomic E-state index is 12.2. The molecule has 2 amide bonds. The zero-order chi connectivity index (χ0) is 15.9. The maximum atomic E-state index is 12.2. The Morgan fingerprint density at radius 2 is 2.32 bits per heavy atom. The fraction of sp³-hybridized carbons (Fsp3) is 0.533. The first-order valence-electron chi connectivity index (χ1n) is 7.18. The van der Waals surface area contributed by atoms with Crippen molar-refractivity contribution in [2.45, 2.75) is 13.0 Å². The van der Waals surface area contributed by atoms with E-state index in [1.807, 2.05) is 6.07 Å². The quantitative estimate of drug-likeness (QED) is 0.778. The predicted octanol–water partition coefficient (Wildman–Crippen LogP) is 0.201. The lowest BCUT2D eigenvalue weighted by Crippen LogP contribution is -2.33. The molecule has 1 N–H and O–H groups in total. The highest BCUT2D eigenvalue weighted by atomic mass is 16.5. The van der Waals surface area contributed by atoms with Gasteiger partial charge in [0.15, 0.2) is 0 Å². The van der Waals surface area contributed by atoms with Crippen molar-refractivity contribution in [1.29, 1.82) is 0 Å². The zero-order valence-electron chi connectivity index (χ0n) is 12.9. The van der Waals surface area contributed by atoms with Gasteiger partial charge < -0.3 is 19.7 Å². The lowest BCUT2D eigenvalue weighted by molar-refractivity contribution is -0.129. The third-order valence-electron chi connectivity index (χ3n) is 3.65. The lowest BCUT2D eigenvalue weighted by Gasteiger charge is -2.16. The summed E-state index contributed by atoms with van der Waals surface area (Å²) in [6, 6.07) is 3.63. The monoisotopic (exact) mass is 307 g/mol. The summed E-state index contributed by atoms with van der Waals surface area (Å²) < 4.78 is 10.1. The van der Waals surface area contributed by atoms with Gasteiger partial charge in [0.1, 0.15) is 0 Å². The summed E-state index contributed by atoms with van der Waals surface area (Å²) >= 11 is 0. The van der Waals surface area contributed by atoms with Gasteiger partial charge in [-0.1, -0.05) is 6.07 Å². The molecule has 0 aliphatic carbocycles. The van der Waals surface area contributed by atoms with Crippen LogP contribution in [0.1, 0.15) is 12.0 Å². The van der Waals surface area contributed by atoms with Crippen LogP contribution < -0.4 is 10.1 Å². The molecule has 1 atom stereocenters. The Kier molecular flexibility index (Phi) is 5.71. The highest BCUT2D eigenvalue weighted by molar-refractivity contribution is 5.89. The van der Waals surface area contributed by atoms with Crippen molar-refractivity contribution in [1.82, 2.24) is 15.2 Å². The molecular formula is C15H21N3O4. The highest BCUT2D eigenvalue weighted by Crippen LogP contribution is 2.18. The van der Waals surface area contributed by atoms with E-state index in [0.717, 1.165) is 5.56 Å². The van der Waals surface area contributed by atoms with E-state index >= 15 is 0 Å². The molecule has 0 saturated carbocycles. The Balaban J connectivity index is 1.86. The minimum atomic E-state index is -0.313. The Morgan fingerprint density at radius 3 is 3.05 bits per heavy atom. The minimum Gasteiger partial charge on any atom is -0.481 e. The van der Waals surface area contributed by atoms with E-state index in [0.29, 0.717) is 32.1 Å². The summed E-state index contributed by atoms with van der Waals surface area (Å²) in [5.74, 6) is 0.0503. The predicted molar refractivity (Wildman–Crippen MR) is 79.2 cm³/mol. The van der Waals surface area contributed by atoms with Gasteiger partial charge >= 0.3 is 0 Å². The van der Waals surface area contributed by atoms with Crippen LogP contribution in [0.2, 0.25) is 0 Å². The van der Waals surface area contributed by atoms with E-state index < -0.39 is 0 Å². The fourth-order valence-corrected chi connectivity index (χ4v) is 2.43. The van der Waals surface area contributed by atoms with E-state index in [1.165, 1.54) is 7.11 Å². The Labute approximate surface area is 129 Å². The number of hydrogen-bond acceptors (Lipinski definition) is 5. The van der Waals surface area contributed by atoms with Crippen molar-refractivity contribution in [3.63, 3.8) is 0 Å². The molecule has 7 heteroatoms. The molecule has 0 bridgehead atoms. The topological polar surface area (TPSA) is 80.8 Å². The fourth-order valence-electron chi connectivity index (χ4n) is 2.43. The molecule has 120 valence electrons.